The molecule has 5 heterocycles. The number of ether oxygens (including phenoxy) is 1. The minimum absolute atomic E-state index is 0.215. The van der Waals surface area contributed by atoms with Gasteiger partial charge in [0.1, 0.15) is 22.0 Å². The number of thiophene rings is 1. The summed E-state index contributed by atoms with van der Waals surface area (Å²) in [5.74, 6) is 1.63. The van der Waals surface area contributed by atoms with Gasteiger partial charge in [-0.05, 0) is 57.4 Å². The van der Waals surface area contributed by atoms with Crippen molar-refractivity contribution in [2.75, 3.05) is 25.1 Å². The van der Waals surface area contributed by atoms with E-state index in [1.54, 1.807) is 24.6 Å². The molecule has 1 saturated heterocycles. The Morgan fingerprint density at radius 3 is 2.75 bits per heavy atom. The third-order valence-electron chi connectivity index (χ3n) is 6.05. The average Bonchev–Trinajstić information content (AvgIpc) is 3.44. The van der Waals surface area contributed by atoms with E-state index in [4.69, 9.17) is 19.8 Å². The van der Waals surface area contributed by atoms with Crippen LogP contribution in [-0.4, -0.2) is 51.0 Å². The Kier molecular flexibility index (Phi) is 5.65. The van der Waals surface area contributed by atoms with Gasteiger partial charge in [0.25, 0.3) is 0 Å². The fraction of sp³-hybridized carbons (Fsp3) is 0.417. The highest BCUT2D eigenvalue weighted by molar-refractivity contribution is 7.22. The van der Waals surface area contributed by atoms with Crippen molar-refractivity contribution < 1.29 is 4.74 Å². The molecular weight excluding hydrogens is 420 g/mol. The summed E-state index contributed by atoms with van der Waals surface area (Å²) >= 11 is 1.68. The van der Waals surface area contributed by atoms with Crippen LogP contribution >= 0.6 is 11.3 Å². The molecule has 7 nitrogen and oxygen atoms in total. The van der Waals surface area contributed by atoms with Crippen LogP contribution in [0.15, 0.2) is 36.7 Å². The van der Waals surface area contributed by atoms with Crippen molar-refractivity contribution in [1.82, 2.24) is 24.7 Å². The van der Waals surface area contributed by atoms with Crippen molar-refractivity contribution in [1.29, 1.82) is 0 Å². The summed E-state index contributed by atoms with van der Waals surface area (Å²) in [6.07, 6.45) is 6.21. The molecule has 0 aliphatic carbocycles. The van der Waals surface area contributed by atoms with E-state index in [0.717, 1.165) is 58.2 Å². The number of nitrogens with zero attached hydrogens (tertiary/aromatic N) is 6. The van der Waals surface area contributed by atoms with E-state index in [1.165, 1.54) is 5.56 Å². The maximum atomic E-state index is 5.69. The number of piperidine rings is 1. The van der Waals surface area contributed by atoms with Gasteiger partial charge in [0, 0.05) is 38.6 Å². The molecule has 1 atom stereocenters. The Hall–Kier alpha value is -2.84. The number of hydrogen-bond acceptors (Lipinski definition) is 7. The quantitative estimate of drug-likeness (QED) is 0.422. The van der Waals surface area contributed by atoms with Crippen molar-refractivity contribution in [2.24, 2.45) is 0 Å². The van der Waals surface area contributed by atoms with Crippen LogP contribution in [0.25, 0.3) is 32.3 Å². The zero-order chi connectivity index (χ0) is 22.2. The molecule has 166 valence electrons. The van der Waals surface area contributed by atoms with E-state index < -0.39 is 0 Å². The maximum Gasteiger partial charge on any atom is 0.181 e. The van der Waals surface area contributed by atoms with Gasteiger partial charge in [-0.2, -0.15) is 5.10 Å². The SMILES string of the molecule is CO[C@@H]1CCCN(c2nc(-c3ccccn3)nc3sc(-c4ccn(C(C)C)n4)c(C)c23)C1. The number of pyridine rings is 1. The Labute approximate surface area is 192 Å². The number of methoxy groups -OCH3 is 1. The van der Waals surface area contributed by atoms with Crippen LogP contribution in [0.1, 0.15) is 38.3 Å². The van der Waals surface area contributed by atoms with Gasteiger partial charge in [-0.25, -0.2) is 9.97 Å². The molecular formula is C24H28N6OS. The largest absolute Gasteiger partial charge is 0.380 e. The van der Waals surface area contributed by atoms with Crippen molar-refractivity contribution in [3.8, 4) is 22.1 Å². The molecule has 0 spiro atoms. The highest BCUT2D eigenvalue weighted by Gasteiger charge is 2.26. The average molecular weight is 449 g/mol. The molecule has 0 amide bonds. The van der Waals surface area contributed by atoms with Gasteiger partial charge in [0.05, 0.1) is 16.4 Å². The molecule has 0 saturated carbocycles. The van der Waals surface area contributed by atoms with Crippen LogP contribution in [0.3, 0.4) is 0 Å². The molecule has 4 aromatic heterocycles. The number of anilines is 1. The number of aryl methyl sites for hydroxylation is 1. The van der Waals surface area contributed by atoms with E-state index in [2.05, 4.69) is 36.7 Å². The highest BCUT2D eigenvalue weighted by atomic mass is 32.1. The molecule has 1 aliphatic rings. The molecule has 32 heavy (non-hydrogen) atoms. The molecule has 0 N–H and O–H groups in total. The van der Waals surface area contributed by atoms with Crippen LogP contribution in [0.5, 0.6) is 0 Å². The molecule has 8 heteroatoms. The minimum atomic E-state index is 0.215. The van der Waals surface area contributed by atoms with Crippen LogP contribution < -0.4 is 4.90 Å². The number of rotatable bonds is 5. The molecule has 0 bridgehead atoms. The summed E-state index contributed by atoms with van der Waals surface area (Å²) in [7, 11) is 1.79. The second kappa shape index (κ2) is 8.60. The van der Waals surface area contributed by atoms with Crippen molar-refractivity contribution in [3.05, 3.63) is 42.2 Å². The van der Waals surface area contributed by atoms with Crippen molar-refractivity contribution in [3.63, 3.8) is 0 Å². The van der Waals surface area contributed by atoms with Crippen LogP contribution in [0, 0.1) is 6.92 Å². The summed E-state index contributed by atoms with van der Waals surface area (Å²) in [5, 5.41) is 5.93. The zero-order valence-electron chi connectivity index (χ0n) is 18.9. The first kappa shape index (κ1) is 21.0. The summed E-state index contributed by atoms with van der Waals surface area (Å²) in [5.41, 5.74) is 2.95. The van der Waals surface area contributed by atoms with Crippen LogP contribution in [0.4, 0.5) is 5.82 Å². The molecule has 4 aromatic rings. The molecule has 0 radical (unpaired) electrons. The van der Waals surface area contributed by atoms with E-state index in [-0.39, 0.29) is 6.10 Å². The Balaban J connectivity index is 1.69. The number of aromatic nitrogens is 5. The predicted octanol–water partition coefficient (Wildman–Crippen LogP) is 5.12. The molecule has 1 fully saturated rings. The summed E-state index contributed by atoms with van der Waals surface area (Å²) in [6.45, 7) is 8.23. The zero-order valence-corrected chi connectivity index (χ0v) is 19.8. The van der Waals surface area contributed by atoms with Gasteiger partial charge in [0.15, 0.2) is 5.82 Å². The lowest BCUT2D eigenvalue weighted by Crippen LogP contribution is -2.39. The van der Waals surface area contributed by atoms with Gasteiger partial charge >= 0.3 is 0 Å². The third kappa shape index (κ3) is 3.78. The molecule has 0 unspecified atom stereocenters. The first-order valence-corrected chi connectivity index (χ1v) is 11.9. The Morgan fingerprint density at radius 1 is 1.16 bits per heavy atom. The number of hydrogen-bond donors (Lipinski definition) is 0. The van der Waals surface area contributed by atoms with Gasteiger partial charge in [0.2, 0.25) is 0 Å². The number of fused-ring (bicyclic) bond motifs is 1. The van der Waals surface area contributed by atoms with Crippen LogP contribution in [-0.2, 0) is 4.74 Å². The Morgan fingerprint density at radius 2 is 2.03 bits per heavy atom. The second-order valence-electron chi connectivity index (χ2n) is 8.54. The summed E-state index contributed by atoms with van der Waals surface area (Å²) in [4.78, 5) is 19.0. The van der Waals surface area contributed by atoms with Crippen molar-refractivity contribution >= 4 is 27.4 Å². The topological polar surface area (TPSA) is 69.0 Å². The highest BCUT2D eigenvalue weighted by Crippen LogP contribution is 2.42. The maximum absolute atomic E-state index is 5.69. The lowest BCUT2D eigenvalue weighted by atomic mass is 10.1. The fourth-order valence-electron chi connectivity index (χ4n) is 4.27. The standard InChI is InChI=1S/C24H28N6OS/c1-15(2)30-13-10-18(28-30)21-16(3)20-23(29-12-7-8-17(14-29)31-4)26-22(27-24(20)32-21)19-9-5-6-11-25-19/h5-6,9-11,13,15,17H,7-8,12,14H2,1-4H3/t17-/m1/s1. The second-order valence-corrected chi connectivity index (χ2v) is 9.54. The Bertz CT molecular complexity index is 1230. The van der Waals surface area contributed by atoms with Crippen molar-refractivity contribution in [2.45, 2.75) is 45.8 Å². The van der Waals surface area contributed by atoms with Gasteiger partial charge in [-0.15, -0.1) is 11.3 Å². The van der Waals surface area contributed by atoms with Gasteiger partial charge in [-0.1, -0.05) is 6.07 Å². The smallest absolute Gasteiger partial charge is 0.181 e. The van der Waals surface area contributed by atoms with Crippen LogP contribution in [0.2, 0.25) is 0 Å². The van der Waals surface area contributed by atoms with Gasteiger partial charge in [-0.3, -0.25) is 9.67 Å². The van der Waals surface area contributed by atoms with E-state index in [0.29, 0.717) is 11.9 Å². The normalized spacial score (nSPS) is 16.9. The summed E-state index contributed by atoms with van der Waals surface area (Å²) < 4.78 is 7.69. The minimum Gasteiger partial charge on any atom is -0.380 e. The van der Waals surface area contributed by atoms with Gasteiger partial charge < -0.3 is 9.64 Å². The first-order valence-electron chi connectivity index (χ1n) is 11.1. The molecule has 0 aromatic carbocycles. The van der Waals surface area contributed by atoms with E-state index in [9.17, 15) is 0 Å². The van der Waals surface area contributed by atoms with E-state index >= 15 is 0 Å². The molecule has 5 rings (SSSR count). The predicted molar refractivity (Wildman–Crippen MR) is 129 cm³/mol. The van der Waals surface area contributed by atoms with E-state index in [1.807, 2.05) is 29.1 Å². The first-order chi connectivity index (χ1) is 15.5. The summed E-state index contributed by atoms with van der Waals surface area (Å²) in [6, 6.07) is 8.26. The monoisotopic (exact) mass is 448 g/mol. The lowest BCUT2D eigenvalue weighted by Gasteiger charge is -2.33. The third-order valence-corrected chi connectivity index (χ3v) is 7.25. The fourth-order valence-corrected chi connectivity index (χ4v) is 5.41. The lowest BCUT2D eigenvalue weighted by molar-refractivity contribution is 0.0892. The molecule has 1 aliphatic heterocycles.